The van der Waals surface area contributed by atoms with Crippen LogP contribution in [-0.4, -0.2) is 49.1 Å². The van der Waals surface area contributed by atoms with Crippen molar-refractivity contribution < 1.29 is 9.53 Å². The lowest BCUT2D eigenvalue weighted by Crippen LogP contribution is -2.38. The van der Waals surface area contributed by atoms with Crippen molar-refractivity contribution in [2.45, 2.75) is 19.4 Å². The molecule has 1 aliphatic rings. The average molecular weight is 378 g/mol. The van der Waals surface area contributed by atoms with E-state index in [2.05, 4.69) is 28.4 Å². The summed E-state index contributed by atoms with van der Waals surface area (Å²) in [4.78, 5) is 16.8. The van der Waals surface area contributed by atoms with Gasteiger partial charge in [-0.3, -0.25) is 4.90 Å². The predicted octanol–water partition coefficient (Wildman–Crippen LogP) is 3.50. The monoisotopic (exact) mass is 378 g/mol. The minimum Gasteiger partial charge on any atom is -0.497 e. The van der Waals surface area contributed by atoms with Crippen molar-refractivity contribution in [2.24, 2.45) is 0 Å². The van der Waals surface area contributed by atoms with Crippen LogP contribution in [0.2, 0.25) is 0 Å². The molecular weight excluding hydrogens is 352 g/mol. The Bertz CT molecular complexity index is 812. The van der Waals surface area contributed by atoms with E-state index in [4.69, 9.17) is 10.00 Å². The summed E-state index contributed by atoms with van der Waals surface area (Å²) in [5.74, 6) is 0.864. The van der Waals surface area contributed by atoms with Crippen LogP contribution in [0.25, 0.3) is 0 Å². The van der Waals surface area contributed by atoms with Crippen LogP contribution in [0.3, 0.4) is 0 Å². The largest absolute Gasteiger partial charge is 0.497 e. The molecule has 146 valence electrons. The van der Waals surface area contributed by atoms with Crippen molar-refractivity contribution in [1.29, 1.82) is 5.26 Å². The van der Waals surface area contributed by atoms with E-state index in [9.17, 15) is 4.79 Å². The van der Waals surface area contributed by atoms with E-state index >= 15 is 0 Å². The van der Waals surface area contributed by atoms with Gasteiger partial charge in [-0.1, -0.05) is 24.3 Å². The van der Waals surface area contributed by atoms with E-state index in [1.165, 1.54) is 5.56 Å². The molecular formula is C22H26N4O2. The Kier molecular flexibility index (Phi) is 6.88. The quantitative estimate of drug-likeness (QED) is 0.865. The van der Waals surface area contributed by atoms with Gasteiger partial charge >= 0.3 is 6.03 Å². The summed E-state index contributed by atoms with van der Waals surface area (Å²) in [6, 6.07) is 17.6. The molecule has 0 unspecified atom stereocenters. The molecule has 2 aromatic rings. The minimum atomic E-state index is -0.0701. The molecule has 1 heterocycles. The van der Waals surface area contributed by atoms with Gasteiger partial charge in [-0.15, -0.1) is 0 Å². The number of amides is 2. The SMILES string of the molecule is COc1ccc(CN2CCCN(C(=O)Nc3ccc(CC#N)cc3)CC2)cc1. The molecule has 0 spiro atoms. The second kappa shape index (κ2) is 9.77. The van der Waals surface area contributed by atoms with Gasteiger partial charge in [0.1, 0.15) is 5.75 Å². The van der Waals surface area contributed by atoms with Crippen LogP contribution in [0.4, 0.5) is 10.5 Å². The van der Waals surface area contributed by atoms with Crippen molar-refractivity contribution >= 4 is 11.7 Å². The molecule has 1 fully saturated rings. The first-order valence-corrected chi connectivity index (χ1v) is 9.55. The van der Waals surface area contributed by atoms with Crippen LogP contribution in [0.5, 0.6) is 5.75 Å². The highest BCUT2D eigenvalue weighted by Gasteiger charge is 2.19. The van der Waals surface area contributed by atoms with Gasteiger partial charge < -0.3 is 15.0 Å². The summed E-state index contributed by atoms with van der Waals surface area (Å²) in [6.07, 6.45) is 1.33. The van der Waals surface area contributed by atoms with Gasteiger partial charge in [0, 0.05) is 38.4 Å². The molecule has 6 heteroatoms. The second-order valence-electron chi connectivity index (χ2n) is 6.93. The van der Waals surface area contributed by atoms with Gasteiger partial charge in [0.25, 0.3) is 0 Å². The van der Waals surface area contributed by atoms with Gasteiger partial charge in [0.15, 0.2) is 0 Å². The van der Waals surface area contributed by atoms with E-state index in [0.29, 0.717) is 13.0 Å². The van der Waals surface area contributed by atoms with Crippen LogP contribution < -0.4 is 10.1 Å². The fourth-order valence-electron chi connectivity index (χ4n) is 3.32. The van der Waals surface area contributed by atoms with Crippen LogP contribution in [0, 0.1) is 11.3 Å². The Morgan fingerprint density at radius 1 is 1.04 bits per heavy atom. The van der Waals surface area contributed by atoms with Crippen molar-refractivity contribution in [2.75, 3.05) is 38.6 Å². The fourth-order valence-corrected chi connectivity index (χ4v) is 3.32. The number of urea groups is 1. The number of methoxy groups -OCH3 is 1. The summed E-state index contributed by atoms with van der Waals surface area (Å²) in [7, 11) is 1.67. The third-order valence-corrected chi connectivity index (χ3v) is 4.93. The maximum Gasteiger partial charge on any atom is 0.321 e. The number of nitriles is 1. The summed E-state index contributed by atoms with van der Waals surface area (Å²) in [5, 5.41) is 11.7. The van der Waals surface area contributed by atoms with Crippen molar-refractivity contribution in [1.82, 2.24) is 9.80 Å². The van der Waals surface area contributed by atoms with Crippen LogP contribution in [0.15, 0.2) is 48.5 Å². The molecule has 2 aromatic carbocycles. The zero-order valence-electron chi connectivity index (χ0n) is 16.2. The first-order valence-electron chi connectivity index (χ1n) is 9.55. The van der Waals surface area contributed by atoms with Crippen LogP contribution in [0.1, 0.15) is 17.5 Å². The molecule has 0 atom stereocenters. The molecule has 1 N–H and O–H groups in total. The van der Waals surface area contributed by atoms with Crippen molar-refractivity contribution in [3.63, 3.8) is 0 Å². The molecule has 6 nitrogen and oxygen atoms in total. The van der Waals surface area contributed by atoms with Gasteiger partial charge in [0.2, 0.25) is 0 Å². The lowest BCUT2D eigenvalue weighted by molar-refractivity contribution is 0.211. The Hall–Kier alpha value is -3.04. The Labute approximate surface area is 166 Å². The molecule has 1 aliphatic heterocycles. The summed E-state index contributed by atoms with van der Waals surface area (Å²) < 4.78 is 5.21. The Morgan fingerprint density at radius 2 is 1.75 bits per heavy atom. The van der Waals surface area contributed by atoms with E-state index < -0.39 is 0 Å². The van der Waals surface area contributed by atoms with Gasteiger partial charge in [0.05, 0.1) is 19.6 Å². The fraction of sp³-hybridized carbons (Fsp3) is 0.364. The number of hydrogen-bond acceptors (Lipinski definition) is 4. The smallest absolute Gasteiger partial charge is 0.321 e. The lowest BCUT2D eigenvalue weighted by atomic mass is 10.1. The summed E-state index contributed by atoms with van der Waals surface area (Å²) in [6.45, 7) is 4.14. The van der Waals surface area contributed by atoms with E-state index in [1.807, 2.05) is 41.3 Å². The zero-order valence-corrected chi connectivity index (χ0v) is 16.2. The number of nitrogens with zero attached hydrogens (tertiary/aromatic N) is 3. The number of anilines is 1. The molecule has 0 radical (unpaired) electrons. The first kappa shape index (κ1) is 19.7. The number of carbonyl (C=O) groups excluding carboxylic acids is 1. The number of benzene rings is 2. The third kappa shape index (κ3) is 5.48. The van der Waals surface area contributed by atoms with Crippen LogP contribution in [-0.2, 0) is 13.0 Å². The normalized spacial score (nSPS) is 14.8. The predicted molar refractivity (Wildman–Crippen MR) is 109 cm³/mol. The number of rotatable bonds is 5. The zero-order chi connectivity index (χ0) is 19.8. The molecule has 1 saturated heterocycles. The molecule has 0 aromatic heterocycles. The first-order chi connectivity index (χ1) is 13.7. The average Bonchev–Trinajstić information content (AvgIpc) is 2.96. The number of hydrogen-bond donors (Lipinski definition) is 1. The van der Waals surface area contributed by atoms with E-state index in [-0.39, 0.29) is 6.03 Å². The van der Waals surface area contributed by atoms with Gasteiger partial charge in [-0.05, 0) is 41.8 Å². The third-order valence-electron chi connectivity index (χ3n) is 4.93. The minimum absolute atomic E-state index is 0.0701. The number of ether oxygens (including phenoxy) is 1. The highest BCUT2D eigenvalue weighted by atomic mass is 16.5. The topological polar surface area (TPSA) is 68.6 Å². The van der Waals surface area contributed by atoms with Crippen molar-refractivity contribution in [3.05, 3.63) is 59.7 Å². The van der Waals surface area contributed by atoms with Gasteiger partial charge in [-0.25, -0.2) is 4.79 Å². The molecule has 28 heavy (non-hydrogen) atoms. The number of carbonyl (C=O) groups is 1. The summed E-state index contributed by atoms with van der Waals surface area (Å²) >= 11 is 0. The lowest BCUT2D eigenvalue weighted by Gasteiger charge is -2.22. The Balaban J connectivity index is 1.50. The molecule has 2 amide bonds. The maximum absolute atomic E-state index is 12.6. The van der Waals surface area contributed by atoms with Gasteiger partial charge in [-0.2, -0.15) is 5.26 Å². The highest BCUT2D eigenvalue weighted by Crippen LogP contribution is 2.15. The maximum atomic E-state index is 12.6. The standard InChI is InChI=1S/C22H26N4O2/c1-28-21-9-5-19(6-10-21)17-25-13-2-14-26(16-15-25)22(27)24-20-7-3-18(4-8-20)11-12-23/h3-10H,2,11,13-17H2,1H3,(H,24,27). The summed E-state index contributed by atoms with van der Waals surface area (Å²) in [5.41, 5.74) is 2.95. The Morgan fingerprint density at radius 3 is 2.43 bits per heavy atom. The van der Waals surface area contributed by atoms with Crippen molar-refractivity contribution in [3.8, 4) is 11.8 Å². The van der Waals surface area contributed by atoms with E-state index in [0.717, 1.165) is 49.6 Å². The molecule has 0 aliphatic carbocycles. The van der Waals surface area contributed by atoms with Crippen LogP contribution >= 0.6 is 0 Å². The second-order valence-corrected chi connectivity index (χ2v) is 6.93. The molecule has 0 saturated carbocycles. The number of nitrogens with one attached hydrogen (secondary N) is 1. The highest BCUT2D eigenvalue weighted by molar-refractivity contribution is 5.89. The molecule has 0 bridgehead atoms. The molecule has 3 rings (SSSR count). The van der Waals surface area contributed by atoms with E-state index in [1.54, 1.807) is 7.11 Å².